The molecule has 1 aliphatic rings. The predicted octanol–water partition coefficient (Wildman–Crippen LogP) is 7.78. The first-order chi connectivity index (χ1) is 19.1. The van der Waals surface area contributed by atoms with Gasteiger partial charge in [-0.3, -0.25) is 14.4 Å². The van der Waals surface area contributed by atoms with E-state index < -0.39 is 0 Å². The van der Waals surface area contributed by atoms with Crippen LogP contribution in [0, 0.1) is 0 Å². The highest BCUT2D eigenvalue weighted by Gasteiger charge is 2.33. The van der Waals surface area contributed by atoms with Gasteiger partial charge in [0.2, 0.25) is 0 Å². The molecule has 0 atom stereocenters. The minimum Gasteiger partial charge on any atom is -0.355 e. The molecule has 39 heavy (non-hydrogen) atoms. The maximum Gasteiger partial charge on any atom is 0.262 e. The molecule has 1 heterocycles. The van der Waals surface area contributed by atoms with Crippen LogP contribution in [0.4, 0.5) is 11.4 Å². The van der Waals surface area contributed by atoms with Crippen molar-refractivity contribution in [1.82, 2.24) is 4.57 Å². The second-order valence-electron chi connectivity index (χ2n) is 8.56. The number of fused-ring (bicyclic) bond motifs is 2. The second-order valence-corrected chi connectivity index (χ2v) is 8.56. The van der Waals surface area contributed by atoms with Crippen molar-refractivity contribution in [3.05, 3.63) is 130 Å². The van der Waals surface area contributed by atoms with Crippen LogP contribution in [0.3, 0.4) is 0 Å². The minimum absolute atomic E-state index is 0.0734. The fraction of sp³-hybridized carbons (Fsp3) is 0.147. The lowest BCUT2D eigenvalue weighted by molar-refractivity contribution is 0.102. The number of anilines is 2. The number of para-hydroxylation sites is 1. The highest BCUT2D eigenvalue weighted by molar-refractivity contribution is 6.31. The first-order valence-corrected chi connectivity index (χ1v) is 13.3. The first kappa shape index (κ1) is 27.3. The maximum atomic E-state index is 13.8. The summed E-state index contributed by atoms with van der Waals surface area (Å²) in [5.41, 5.74) is 4.22. The molecule has 6 rings (SSSR count). The smallest absolute Gasteiger partial charge is 0.262 e. The second kappa shape index (κ2) is 11.7. The molecule has 1 N–H and O–H groups in total. The Labute approximate surface area is 228 Å². The number of benzene rings is 4. The zero-order valence-electron chi connectivity index (χ0n) is 22.9. The number of pyridine rings is 1. The largest absolute Gasteiger partial charge is 0.355 e. The zero-order chi connectivity index (χ0) is 28.1. The van der Waals surface area contributed by atoms with E-state index in [1.807, 2.05) is 88.4 Å². The monoisotopic (exact) mass is 516 g/mol. The van der Waals surface area contributed by atoms with Gasteiger partial charge in [-0.25, -0.2) is 0 Å². The van der Waals surface area contributed by atoms with Crippen LogP contribution in [0.15, 0.2) is 102 Å². The third kappa shape index (κ3) is 4.68. The van der Waals surface area contributed by atoms with Crippen molar-refractivity contribution in [2.45, 2.75) is 27.7 Å². The maximum absolute atomic E-state index is 13.8. The third-order valence-corrected chi connectivity index (χ3v) is 6.55. The van der Waals surface area contributed by atoms with Crippen LogP contribution >= 0.6 is 0 Å². The Bertz CT molecular complexity index is 1720. The number of aryl methyl sites for hydroxylation is 1. The Balaban J connectivity index is 0.000000845. The van der Waals surface area contributed by atoms with Gasteiger partial charge in [-0.15, -0.1) is 0 Å². The molecule has 0 saturated carbocycles. The average Bonchev–Trinajstić information content (AvgIpc) is 3.01. The van der Waals surface area contributed by atoms with E-state index in [-0.39, 0.29) is 22.7 Å². The number of carbonyl (C=O) groups excluding carboxylic acids is 2. The molecule has 5 nitrogen and oxygen atoms in total. The summed E-state index contributed by atoms with van der Waals surface area (Å²) < 4.78 is 1.46. The highest BCUT2D eigenvalue weighted by Crippen LogP contribution is 2.43. The highest BCUT2D eigenvalue weighted by atomic mass is 16.1. The standard InChI is InChI=1S/C30H20N2O3.2C2H6/c1-32-23-17-16-22(31-19-12-6-3-7-13-19)25-26(23)24(20-14-8-9-15-21(20)29(25)34)27(30(32)35)28(33)18-10-4-2-5-11-18;2*1-2/h2-17,31H,1H3;2*1-2H3. The van der Waals surface area contributed by atoms with Crippen LogP contribution in [0.1, 0.15) is 59.5 Å². The van der Waals surface area contributed by atoms with E-state index in [1.54, 1.807) is 43.4 Å². The Morgan fingerprint density at radius 3 is 1.87 bits per heavy atom. The van der Waals surface area contributed by atoms with Crippen molar-refractivity contribution in [2.75, 3.05) is 5.32 Å². The number of nitrogens with one attached hydrogen (secondary N) is 1. The van der Waals surface area contributed by atoms with Crippen molar-refractivity contribution >= 4 is 33.8 Å². The zero-order valence-corrected chi connectivity index (χ0v) is 22.9. The average molecular weight is 517 g/mol. The van der Waals surface area contributed by atoms with E-state index in [2.05, 4.69) is 5.32 Å². The number of nitrogens with zero attached hydrogens (tertiary/aromatic N) is 1. The molecule has 4 aromatic carbocycles. The van der Waals surface area contributed by atoms with Crippen LogP contribution in [-0.2, 0) is 7.05 Å². The fourth-order valence-electron chi connectivity index (χ4n) is 4.90. The van der Waals surface area contributed by atoms with Gasteiger partial charge >= 0.3 is 0 Å². The molecule has 0 fully saturated rings. The molecule has 196 valence electrons. The minimum atomic E-state index is -0.389. The summed E-state index contributed by atoms with van der Waals surface area (Å²) in [4.78, 5) is 41.2. The van der Waals surface area contributed by atoms with Crippen LogP contribution in [0.2, 0.25) is 0 Å². The lowest BCUT2D eigenvalue weighted by Crippen LogP contribution is -2.29. The van der Waals surface area contributed by atoms with E-state index in [0.29, 0.717) is 44.4 Å². The third-order valence-electron chi connectivity index (χ3n) is 6.55. The Morgan fingerprint density at radius 1 is 0.667 bits per heavy atom. The van der Waals surface area contributed by atoms with Crippen molar-refractivity contribution in [3.8, 4) is 11.1 Å². The summed E-state index contributed by atoms with van der Waals surface area (Å²) in [5, 5.41) is 3.97. The van der Waals surface area contributed by atoms with E-state index in [9.17, 15) is 14.4 Å². The van der Waals surface area contributed by atoms with Crippen molar-refractivity contribution in [2.24, 2.45) is 7.05 Å². The Morgan fingerprint density at radius 2 is 1.23 bits per heavy atom. The molecule has 1 aromatic heterocycles. The van der Waals surface area contributed by atoms with Crippen LogP contribution in [0.5, 0.6) is 0 Å². The number of rotatable bonds is 4. The predicted molar refractivity (Wildman–Crippen MR) is 160 cm³/mol. The number of hydrogen-bond donors (Lipinski definition) is 1. The fourth-order valence-corrected chi connectivity index (χ4v) is 4.90. The number of ketones is 2. The van der Waals surface area contributed by atoms with Gasteiger partial charge < -0.3 is 9.88 Å². The van der Waals surface area contributed by atoms with Gasteiger partial charge in [0.15, 0.2) is 11.6 Å². The molecule has 0 bridgehead atoms. The normalized spacial score (nSPS) is 10.9. The summed E-state index contributed by atoms with van der Waals surface area (Å²) in [7, 11) is 1.64. The molecule has 5 aromatic rings. The lowest BCUT2D eigenvalue weighted by atomic mass is 9.80. The topological polar surface area (TPSA) is 68.2 Å². The van der Waals surface area contributed by atoms with Crippen LogP contribution in [0.25, 0.3) is 22.0 Å². The molecule has 0 unspecified atom stereocenters. The van der Waals surface area contributed by atoms with Crippen LogP contribution < -0.4 is 10.9 Å². The lowest BCUT2D eigenvalue weighted by Gasteiger charge is -2.25. The van der Waals surface area contributed by atoms with Crippen molar-refractivity contribution in [1.29, 1.82) is 0 Å². The molecule has 5 heteroatoms. The number of hydrogen-bond acceptors (Lipinski definition) is 4. The molecule has 0 amide bonds. The number of carbonyl (C=O) groups is 2. The van der Waals surface area contributed by atoms with Crippen molar-refractivity contribution in [3.63, 3.8) is 0 Å². The summed E-state index contributed by atoms with van der Waals surface area (Å²) in [6.45, 7) is 8.00. The molecule has 0 radical (unpaired) electrons. The Hall–Kier alpha value is -4.77. The molecule has 0 saturated heterocycles. The first-order valence-electron chi connectivity index (χ1n) is 13.3. The molecular weight excluding hydrogens is 484 g/mol. The SMILES string of the molecule is CC.CC.Cn1c(=O)c(C(=O)c2ccccc2)c2c3c(c(Nc4ccccc4)ccc31)C(=O)c1ccccc1-2. The summed E-state index contributed by atoms with van der Waals surface area (Å²) in [5.74, 6) is -0.506. The Kier molecular flexibility index (Phi) is 8.21. The van der Waals surface area contributed by atoms with Gasteiger partial charge in [-0.2, -0.15) is 0 Å². The van der Waals surface area contributed by atoms with Gasteiger partial charge in [0.25, 0.3) is 5.56 Å². The van der Waals surface area contributed by atoms with Gasteiger partial charge in [0.1, 0.15) is 0 Å². The van der Waals surface area contributed by atoms with E-state index in [4.69, 9.17) is 0 Å². The summed E-state index contributed by atoms with van der Waals surface area (Å²) in [6, 6.07) is 29.2. The quantitative estimate of drug-likeness (QED) is 0.243. The molecule has 0 spiro atoms. The van der Waals surface area contributed by atoms with E-state index >= 15 is 0 Å². The van der Waals surface area contributed by atoms with Gasteiger partial charge in [-0.05, 0) is 29.8 Å². The van der Waals surface area contributed by atoms with Crippen LogP contribution in [-0.4, -0.2) is 16.1 Å². The summed E-state index contributed by atoms with van der Waals surface area (Å²) >= 11 is 0. The molecule has 1 aliphatic carbocycles. The van der Waals surface area contributed by atoms with Gasteiger partial charge in [-0.1, -0.05) is 100 Å². The van der Waals surface area contributed by atoms with E-state index in [0.717, 1.165) is 5.69 Å². The summed E-state index contributed by atoms with van der Waals surface area (Å²) in [6.07, 6.45) is 0. The van der Waals surface area contributed by atoms with Gasteiger partial charge in [0, 0.05) is 34.8 Å². The number of aromatic nitrogens is 1. The van der Waals surface area contributed by atoms with E-state index in [1.165, 1.54) is 4.57 Å². The van der Waals surface area contributed by atoms with Crippen molar-refractivity contribution < 1.29 is 9.59 Å². The van der Waals surface area contributed by atoms with Gasteiger partial charge in [0.05, 0.1) is 22.3 Å². The molecule has 0 aliphatic heterocycles. The molecular formula is C34H32N2O3.